The lowest BCUT2D eigenvalue weighted by Crippen LogP contribution is -2.51. The fourth-order valence-electron chi connectivity index (χ4n) is 5.63. The Morgan fingerprint density at radius 2 is 1.93 bits per heavy atom. The lowest BCUT2D eigenvalue weighted by Gasteiger charge is -2.34. The molecule has 0 radical (unpaired) electrons. The number of carbonyl (C=O) groups excluding carboxylic acids is 1. The summed E-state index contributed by atoms with van der Waals surface area (Å²) >= 11 is 0.689. The number of nitriles is 1. The molecule has 2 aliphatic heterocycles. The maximum Gasteiger partial charge on any atom is 0.417 e. The Morgan fingerprint density at radius 1 is 1.23 bits per heavy atom. The van der Waals surface area contributed by atoms with Crippen LogP contribution in [0, 0.1) is 23.0 Å². The predicted molar refractivity (Wildman–Crippen MR) is 141 cm³/mol. The Balaban J connectivity index is 1.70. The molecule has 2 bridgehead atoms. The Labute approximate surface area is 227 Å². The van der Waals surface area contributed by atoms with Gasteiger partial charge in [-0.2, -0.15) is 23.4 Å². The number of thiophene rings is 1. The zero-order valence-electron chi connectivity index (χ0n) is 20.8. The summed E-state index contributed by atoms with van der Waals surface area (Å²) in [7, 11) is 0. The highest BCUT2D eigenvalue weighted by atomic mass is 32.1. The Morgan fingerprint density at radius 3 is 2.55 bits per heavy atom. The number of fused-ring (bicyclic) bond motifs is 4. The minimum Gasteiger partial charge on any atom is -0.389 e. The molecule has 2 aromatic carbocycles. The summed E-state index contributed by atoms with van der Waals surface area (Å²) in [4.78, 5) is 22.0. The van der Waals surface area contributed by atoms with Crippen molar-refractivity contribution in [3.8, 4) is 17.2 Å². The first-order valence-electron chi connectivity index (χ1n) is 12.3. The van der Waals surface area contributed by atoms with Crippen LogP contribution in [0.4, 0.5) is 38.7 Å². The van der Waals surface area contributed by atoms with E-state index in [4.69, 9.17) is 5.73 Å². The van der Waals surface area contributed by atoms with E-state index in [0.29, 0.717) is 24.4 Å². The molecule has 8 nitrogen and oxygen atoms in total. The Bertz CT molecular complexity index is 1750. The Kier molecular flexibility index (Phi) is 6.04. The van der Waals surface area contributed by atoms with Crippen LogP contribution in [0.2, 0.25) is 0 Å². The molecular formula is C26H20F5N7OS. The SMILES string of the molecule is CC(=O)Nc1nc(N2CC3CCC(C2)N3)c2cc(C(F)(F)F)c(-c3ccc(F)c4sc(N)c(C#N)c34)c(F)c2n1. The minimum atomic E-state index is -5.05. The first-order chi connectivity index (χ1) is 19.0. The molecule has 0 saturated carbocycles. The van der Waals surface area contributed by atoms with E-state index in [0.717, 1.165) is 31.0 Å². The quantitative estimate of drug-likeness (QED) is 0.290. The van der Waals surface area contributed by atoms with Crippen molar-refractivity contribution in [2.24, 2.45) is 0 Å². The molecule has 4 N–H and O–H groups in total. The zero-order chi connectivity index (χ0) is 28.5. The molecule has 2 atom stereocenters. The number of anilines is 3. The number of hydrogen-bond acceptors (Lipinski definition) is 8. The van der Waals surface area contributed by atoms with Gasteiger partial charge >= 0.3 is 6.18 Å². The van der Waals surface area contributed by atoms with Gasteiger partial charge < -0.3 is 16.0 Å². The fraction of sp³-hybridized carbons (Fsp3) is 0.308. The van der Waals surface area contributed by atoms with E-state index in [-0.39, 0.29) is 55.5 Å². The van der Waals surface area contributed by atoms with Crippen LogP contribution < -0.4 is 21.3 Å². The molecule has 14 heteroatoms. The number of hydrogen-bond donors (Lipinski definition) is 3. The number of amides is 1. The largest absolute Gasteiger partial charge is 0.417 e. The van der Waals surface area contributed by atoms with Gasteiger partial charge in [0.05, 0.1) is 15.8 Å². The molecule has 2 unspecified atom stereocenters. The number of aromatic nitrogens is 2. The maximum absolute atomic E-state index is 16.5. The number of nitrogens with zero attached hydrogens (tertiary/aromatic N) is 4. The standard InChI is InChI=1S/C26H20F5N7OS/c1-10(39)34-25-36-21-14(24(37-25)38-8-11-2-3-12(9-38)35-11)6-16(26(29,30)31)19(20(21)28)13-4-5-17(27)22-18(13)15(7-32)23(33)40-22/h4-6,11-12,35H,2-3,8-9,33H2,1H3,(H,34,36,37,39). The van der Waals surface area contributed by atoms with Gasteiger partial charge in [0.1, 0.15) is 28.2 Å². The summed E-state index contributed by atoms with van der Waals surface area (Å²) in [5, 5.41) is 15.0. The highest BCUT2D eigenvalue weighted by molar-refractivity contribution is 7.23. The predicted octanol–water partition coefficient (Wildman–Crippen LogP) is 5.16. The number of nitrogen functional groups attached to an aromatic ring is 1. The summed E-state index contributed by atoms with van der Waals surface area (Å²) in [6, 6.07) is 4.64. The third-order valence-corrected chi connectivity index (χ3v) is 8.25. The summed E-state index contributed by atoms with van der Waals surface area (Å²) in [5.41, 5.74) is 2.57. The number of rotatable bonds is 3. The Hall–Kier alpha value is -4.09. The lowest BCUT2D eigenvalue weighted by atomic mass is 9.92. The van der Waals surface area contributed by atoms with Gasteiger partial charge in [0.2, 0.25) is 11.9 Å². The highest BCUT2D eigenvalue weighted by Gasteiger charge is 2.39. The van der Waals surface area contributed by atoms with E-state index in [1.807, 2.05) is 0 Å². The topological polar surface area (TPSA) is 120 Å². The zero-order valence-corrected chi connectivity index (χ0v) is 21.6. The lowest BCUT2D eigenvalue weighted by molar-refractivity contribution is -0.137. The molecule has 0 spiro atoms. The average molecular weight is 574 g/mol. The van der Waals surface area contributed by atoms with Crippen LogP contribution in [0.1, 0.15) is 30.9 Å². The van der Waals surface area contributed by atoms with Crippen molar-refractivity contribution in [1.29, 1.82) is 5.26 Å². The normalized spacial score (nSPS) is 18.9. The van der Waals surface area contributed by atoms with E-state index >= 15 is 4.39 Å². The highest BCUT2D eigenvalue weighted by Crippen LogP contribution is 2.48. The molecule has 2 fully saturated rings. The van der Waals surface area contributed by atoms with E-state index in [2.05, 4.69) is 20.6 Å². The molecule has 40 heavy (non-hydrogen) atoms. The van der Waals surface area contributed by atoms with E-state index in [1.165, 1.54) is 6.92 Å². The molecule has 2 aliphatic rings. The number of benzene rings is 2. The molecule has 0 aliphatic carbocycles. The van der Waals surface area contributed by atoms with E-state index in [1.54, 1.807) is 11.0 Å². The number of carbonyl (C=O) groups is 1. The number of nitrogens with two attached hydrogens (primary N) is 1. The smallest absolute Gasteiger partial charge is 0.389 e. The molecule has 2 aromatic heterocycles. The van der Waals surface area contributed by atoms with Crippen LogP contribution >= 0.6 is 11.3 Å². The van der Waals surface area contributed by atoms with Crippen LogP contribution in [-0.2, 0) is 11.0 Å². The maximum atomic E-state index is 16.5. The number of piperazine rings is 1. The second-order valence-electron chi connectivity index (χ2n) is 9.85. The average Bonchev–Trinajstić information content (AvgIpc) is 3.41. The van der Waals surface area contributed by atoms with Crippen molar-refractivity contribution in [2.75, 3.05) is 29.0 Å². The number of halogens is 5. The molecule has 1 amide bonds. The van der Waals surface area contributed by atoms with Gasteiger partial charge in [-0.05, 0) is 30.5 Å². The van der Waals surface area contributed by atoms with Gasteiger partial charge in [-0.1, -0.05) is 6.07 Å². The van der Waals surface area contributed by atoms with Crippen LogP contribution in [0.25, 0.3) is 32.1 Å². The summed E-state index contributed by atoms with van der Waals surface area (Å²) < 4.78 is 74.9. The van der Waals surface area contributed by atoms with E-state index < -0.39 is 40.4 Å². The van der Waals surface area contributed by atoms with Crippen molar-refractivity contribution in [2.45, 2.75) is 38.0 Å². The van der Waals surface area contributed by atoms with Gasteiger partial charge in [-0.25, -0.2) is 13.8 Å². The molecule has 2 saturated heterocycles. The third kappa shape index (κ3) is 4.16. The van der Waals surface area contributed by atoms with Crippen LogP contribution in [-0.4, -0.2) is 41.0 Å². The molecule has 206 valence electrons. The first-order valence-corrected chi connectivity index (χ1v) is 13.1. The van der Waals surface area contributed by atoms with Gasteiger partial charge in [0.25, 0.3) is 0 Å². The van der Waals surface area contributed by atoms with Gasteiger partial charge in [-0.3, -0.25) is 10.1 Å². The monoisotopic (exact) mass is 573 g/mol. The van der Waals surface area contributed by atoms with E-state index in [9.17, 15) is 27.6 Å². The van der Waals surface area contributed by atoms with Gasteiger partial charge in [-0.15, -0.1) is 11.3 Å². The van der Waals surface area contributed by atoms with Crippen molar-refractivity contribution >= 4 is 55.0 Å². The fourth-order valence-corrected chi connectivity index (χ4v) is 6.58. The third-order valence-electron chi connectivity index (χ3n) is 7.22. The molecule has 6 rings (SSSR count). The van der Waals surface area contributed by atoms with Gasteiger partial charge in [0.15, 0.2) is 5.82 Å². The summed E-state index contributed by atoms with van der Waals surface area (Å²) in [6.07, 6.45) is -3.29. The summed E-state index contributed by atoms with van der Waals surface area (Å²) in [6.45, 7) is 2.04. The van der Waals surface area contributed by atoms with Crippen molar-refractivity contribution in [1.82, 2.24) is 15.3 Å². The van der Waals surface area contributed by atoms with Crippen LogP contribution in [0.5, 0.6) is 0 Å². The first kappa shape index (κ1) is 26.1. The van der Waals surface area contributed by atoms with Crippen LogP contribution in [0.15, 0.2) is 18.2 Å². The second kappa shape index (κ2) is 9.24. The van der Waals surface area contributed by atoms with Crippen molar-refractivity contribution < 1.29 is 26.7 Å². The van der Waals surface area contributed by atoms with Crippen molar-refractivity contribution in [3.05, 3.63) is 41.0 Å². The number of nitrogens with one attached hydrogen (secondary N) is 2. The minimum absolute atomic E-state index is 0.0600. The molecule has 4 aromatic rings. The second-order valence-corrected chi connectivity index (χ2v) is 10.9. The van der Waals surface area contributed by atoms with Gasteiger partial charge in [0, 0.05) is 48.4 Å². The van der Waals surface area contributed by atoms with Crippen LogP contribution in [0.3, 0.4) is 0 Å². The van der Waals surface area contributed by atoms with Crippen molar-refractivity contribution in [3.63, 3.8) is 0 Å². The molecule has 4 heterocycles. The molecular weight excluding hydrogens is 553 g/mol. The number of alkyl halides is 3. The summed E-state index contributed by atoms with van der Waals surface area (Å²) in [5.74, 6) is -2.92.